The first-order valence-corrected chi connectivity index (χ1v) is 9.26. The number of methoxy groups -OCH3 is 1. The van der Waals surface area contributed by atoms with Gasteiger partial charge in [0.05, 0.1) is 18.8 Å². The second-order valence-electron chi connectivity index (χ2n) is 6.55. The third-order valence-electron chi connectivity index (χ3n) is 4.49. The van der Waals surface area contributed by atoms with Crippen LogP contribution in [0.15, 0.2) is 54.7 Å². The number of rotatable bonds is 7. The van der Waals surface area contributed by atoms with Crippen molar-refractivity contribution < 1.29 is 9.53 Å². The summed E-state index contributed by atoms with van der Waals surface area (Å²) in [7, 11) is 5.59. The maximum Gasteiger partial charge on any atom is 0.244 e. The van der Waals surface area contributed by atoms with Gasteiger partial charge in [0.1, 0.15) is 11.4 Å². The number of aromatic nitrogens is 2. The molecule has 0 spiro atoms. The molecule has 0 bridgehead atoms. The topological polar surface area (TPSA) is 58.9 Å². The summed E-state index contributed by atoms with van der Waals surface area (Å²) in [4.78, 5) is 18.7. The molecule has 1 N–H and O–H groups in total. The molecule has 28 heavy (non-hydrogen) atoms. The Morgan fingerprint density at radius 3 is 2.89 bits per heavy atom. The van der Waals surface area contributed by atoms with Gasteiger partial charge in [-0.15, -0.1) is 0 Å². The van der Waals surface area contributed by atoms with Crippen molar-refractivity contribution in [3.8, 4) is 5.75 Å². The lowest BCUT2D eigenvalue weighted by atomic mass is 10.1. The Balaban J connectivity index is 1.69. The SMILES string of the molecule is COc1cccc(C(CNC(=O)/C=C/c2c(Cl)nc3ccccn23)N(C)C)c1. The number of amides is 1. The van der Waals surface area contributed by atoms with Crippen LogP contribution in [0.5, 0.6) is 5.75 Å². The number of imidazole rings is 1. The number of likely N-dealkylation sites (N-methyl/N-ethyl adjacent to an activating group) is 1. The lowest BCUT2D eigenvalue weighted by molar-refractivity contribution is -0.116. The Labute approximate surface area is 169 Å². The van der Waals surface area contributed by atoms with Gasteiger partial charge < -0.3 is 15.0 Å². The van der Waals surface area contributed by atoms with Gasteiger partial charge in [0.25, 0.3) is 0 Å². The monoisotopic (exact) mass is 398 g/mol. The maximum atomic E-state index is 12.4. The zero-order valence-corrected chi connectivity index (χ0v) is 16.8. The third-order valence-corrected chi connectivity index (χ3v) is 4.76. The van der Waals surface area contributed by atoms with Crippen LogP contribution < -0.4 is 10.1 Å². The average Bonchev–Trinajstić information content (AvgIpc) is 3.01. The first-order chi connectivity index (χ1) is 13.5. The number of halogens is 1. The molecule has 0 aliphatic rings. The highest BCUT2D eigenvalue weighted by molar-refractivity contribution is 6.31. The molecule has 2 aromatic heterocycles. The minimum absolute atomic E-state index is 0.0202. The van der Waals surface area contributed by atoms with Crippen molar-refractivity contribution in [3.05, 3.63) is 71.1 Å². The van der Waals surface area contributed by atoms with Gasteiger partial charge in [0.2, 0.25) is 5.91 Å². The summed E-state index contributed by atoms with van der Waals surface area (Å²) < 4.78 is 7.14. The van der Waals surface area contributed by atoms with Crippen LogP contribution in [0, 0.1) is 0 Å². The molecule has 7 heteroatoms. The van der Waals surface area contributed by atoms with Crippen LogP contribution in [0.3, 0.4) is 0 Å². The maximum absolute atomic E-state index is 12.4. The number of fused-ring (bicyclic) bond motifs is 1. The summed E-state index contributed by atoms with van der Waals surface area (Å²) in [5, 5.41) is 3.31. The predicted molar refractivity (Wildman–Crippen MR) is 112 cm³/mol. The van der Waals surface area contributed by atoms with Crippen LogP contribution in [0.1, 0.15) is 17.3 Å². The van der Waals surface area contributed by atoms with Crippen LogP contribution in [0.4, 0.5) is 0 Å². The molecule has 6 nitrogen and oxygen atoms in total. The molecule has 0 radical (unpaired) electrons. The minimum atomic E-state index is -0.198. The van der Waals surface area contributed by atoms with Gasteiger partial charge in [-0.2, -0.15) is 0 Å². The highest BCUT2D eigenvalue weighted by Crippen LogP contribution is 2.22. The van der Waals surface area contributed by atoms with Crippen molar-refractivity contribution in [3.63, 3.8) is 0 Å². The fourth-order valence-electron chi connectivity index (χ4n) is 2.99. The summed E-state index contributed by atoms with van der Waals surface area (Å²) in [5.74, 6) is 0.592. The number of hydrogen-bond donors (Lipinski definition) is 1. The highest BCUT2D eigenvalue weighted by Gasteiger charge is 2.15. The van der Waals surface area contributed by atoms with Crippen LogP contribution in [0.2, 0.25) is 5.15 Å². The lowest BCUT2D eigenvalue weighted by Gasteiger charge is -2.25. The number of ether oxygens (including phenoxy) is 1. The number of benzene rings is 1. The van der Waals surface area contributed by atoms with E-state index in [2.05, 4.69) is 15.2 Å². The molecule has 1 unspecified atom stereocenters. The van der Waals surface area contributed by atoms with Crippen molar-refractivity contribution in [1.29, 1.82) is 0 Å². The summed E-state index contributed by atoms with van der Waals surface area (Å²) in [6.45, 7) is 0.463. The molecule has 3 rings (SSSR count). The molecule has 1 aromatic carbocycles. The number of pyridine rings is 1. The molecule has 1 amide bonds. The van der Waals surface area contributed by atoms with Gasteiger partial charge in [0.15, 0.2) is 5.15 Å². The molecule has 1 atom stereocenters. The fourth-order valence-corrected chi connectivity index (χ4v) is 3.23. The van der Waals surface area contributed by atoms with Crippen molar-refractivity contribution in [2.24, 2.45) is 0 Å². The average molecular weight is 399 g/mol. The van der Waals surface area contributed by atoms with Crippen LogP contribution in [-0.4, -0.2) is 47.9 Å². The van der Waals surface area contributed by atoms with Crippen molar-refractivity contribution in [2.75, 3.05) is 27.7 Å². The molecular formula is C21H23ClN4O2. The van der Waals surface area contributed by atoms with Crippen molar-refractivity contribution in [1.82, 2.24) is 19.6 Å². The predicted octanol–water partition coefficient (Wildman–Crippen LogP) is 3.43. The highest BCUT2D eigenvalue weighted by atomic mass is 35.5. The third kappa shape index (κ3) is 4.52. The Morgan fingerprint density at radius 2 is 2.14 bits per heavy atom. The summed E-state index contributed by atoms with van der Waals surface area (Å²) >= 11 is 6.20. The van der Waals surface area contributed by atoms with Gasteiger partial charge in [-0.05, 0) is 50.0 Å². The molecular weight excluding hydrogens is 376 g/mol. The minimum Gasteiger partial charge on any atom is -0.497 e. The zero-order valence-electron chi connectivity index (χ0n) is 16.1. The molecule has 0 saturated carbocycles. The number of carbonyl (C=O) groups excluding carboxylic acids is 1. The number of hydrogen-bond acceptors (Lipinski definition) is 4. The Morgan fingerprint density at radius 1 is 1.32 bits per heavy atom. The molecule has 3 aromatic rings. The van der Waals surface area contributed by atoms with Crippen LogP contribution in [-0.2, 0) is 4.79 Å². The van der Waals surface area contributed by atoms with Gasteiger partial charge in [0, 0.05) is 18.8 Å². The number of nitrogens with zero attached hydrogens (tertiary/aromatic N) is 3. The van der Waals surface area contributed by atoms with E-state index in [0.29, 0.717) is 17.4 Å². The van der Waals surface area contributed by atoms with Crippen LogP contribution in [0.25, 0.3) is 11.7 Å². The molecule has 2 heterocycles. The quantitative estimate of drug-likeness (QED) is 0.619. The molecule has 0 aliphatic carbocycles. The van der Waals surface area contributed by atoms with Gasteiger partial charge in [-0.3, -0.25) is 9.20 Å². The van der Waals surface area contributed by atoms with E-state index >= 15 is 0 Å². The van der Waals surface area contributed by atoms with Gasteiger partial charge in [-0.25, -0.2) is 4.98 Å². The second kappa shape index (κ2) is 8.91. The van der Waals surface area contributed by atoms with E-state index in [1.165, 1.54) is 6.08 Å². The Kier molecular flexibility index (Phi) is 6.34. The standard InChI is InChI=1S/C21H23ClN4O2/c1-25(2)18(15-7-6-8-16(13-15)28-3)14-23-20(27)11-10-17-21(22)24-19-9-4-5-12-26(17)19/h4-13,18H,14H2,1-3H3,(H,23,27)/b11-10+. The summed E-state index contributed by atoms with van der Waals surface area (Å²) in [6, 6.07) is 13.5. The molecule has 146 valence electrons. The van der Waals surface area contributed by atoms with Crippen LogP contribution >= 0.6 is 11.6 Å². The van der Waals surface area contributed by atoms with E-state index in [1.807, 2.05) is 67.2 Å². The number of carbonyl (C=O) groups is 1. The van der Waals surface area contributed by atoms with E-state index < -0.39 is 0 Å². The fraction of sp³-hybridized carbons (Fsp3) is 0.238. The van der Waals surface area contributed by atoms with Crippen molar-refractivity contribution in [2.45, 2.75) is 6.04 Å². The Hall–Kier alpha value is -2.83. The molecule has 0 saturated heterocycles. The zero-order chi connectivity index (χ0) is 20.1. The summed E-state index contributed by atoms with van der Waals surface area (Å²) in [5.41, 5.74) is 2.47. The first-order valence-electron chi connectivity index (χ1n) is 8.88. The largest absolute Gasteiger partial charge is 0.497 e. The van der Waals surface area contributed by atoms with Gasteiger partial charge in [-0.1, -0.05) is 29.8 Å². The van der Waals surface area contributed by atoms with E-state index in [4.69, 9.17) is 16.3 Å². The van der Waals surface area contributed by atoms with E-state index in [-0.39, 0.29) is 11.9 Å². The smallest absolute Gasteiger partial charge is 0.244 e. The van der Waals surface area contributed by atoms with E-state index in [1.54, 1.807) is 13.2 Å². The first kappa shape index (κ1) is 19.9. The summed E-state index contributed by atoms with van der Waals surface area (Å²) in [6.07, 6.45) is 5.01. The Bertz CT molecular complexity index is 997. The van der Waals surface area contributed by atoms with Crippen molar-refractivity contribution >= 4 is 29.2 Å². The normalized spacial score (nSPS) is 12.6. The van der Waals surface area contributed by atoms with Gasteiger partial charge >= 0.3 is 0 Å². The lowest BCUT2D eigenvalue weighted by Crippen LogP contribution is -2.33. The second-order valence-corrected chi connectivity index (χ2v) is 6.91. The molecule has 0 fully saturated rings. The number of nitrogens with one attached hydrogen (secondary N) is 1. The van der Waals surface area contributed by atoms with E-state index in [9.17, 15) is 4.79 Å². The van der Waals surface area contributed by atoms with E-state index in [0.717, 1.165) is 17.0 Å². The molecule has 0 aliphatic heterocycles.